The van der Waals surface area contributed by atoms with E-state index in [0.717, 1.165) is 19.4 Å². The summed E-state index contributed by atoms with van der Waals surface area (Å²) in [6.07, 6.45) is 4.75. The van der Waals surface area contributed by atoms with Gasteiger partial charge in [-0.3, -0.25) is 4.79 Å². The normalized spacial score (nSPS) is 22.3. The molecule has 130 valence electrons. The monoisotopic (exact) mass is 340 g/mol. The number of hydrogen-bond donors (Lipinski definition) is 1. The second kappa shape index (κ2) is 6.96. The molecular weight excluding hydrogens is 320 g/mol. The van der Waals surface area contributed by atoms with Crippen LogP contribution < -0.4 is 19.7 Å². The van der Waals surface area contributed by atoms with E-state index in [4.69, 9.17) is 9.47 Å². The smallest absolute Gasteiger partial charge is 0.264 e. The van der Waals surface area contributed by atoms with Crippen LogP contribution in [0, 0.1) is 0 Å². The van der Waals surface area contributed by atoms with Crippen molar-refractivity contribution in [3.63, 3.8) is 0 Å². The number of fused-ring (bicyclic) bond motifs is 1. The van der Waals surface area contributed by atoms with Crippen molar-refractivity contribution in [2.45, 2.75) is 25.0 Å². The number of ether oxygens (including phenoxy) is 2. The number of amides is 1. The van der Waals surface area contributed by atoms with E-state index in [-0.39, 0.29) is 18.6 Å². The van der Waals surface area contributed by atoms with Crippen molar-refractivity contribution < 1.29 is 14.3 Å². The van der Waals surface area contributed by atoms with Crippen molar-refractivity contribution in [1.29, 1.82) is 0 Å². The lowest BCUT2D eigenvalue weighted by molar-refractivity contribution is -0.131. The highest BCUT2D eigenvalue weighted by Gasteiger charge is 2.30. The van der Waals surface area contributed by atoms with Crippen LogP contribution >= 0.6 is 0 Å². The van der Waals surface area contributed by atoms with E-state index in [1.807, 2.05) is 24.3 Å². The summed E-state index contributed by atoms with van der Waals surface area (Å²) in [5.74, 6) is 1.84. The Hall–Kier alpha value is -2.83. The van der Waals surface area contributed by atoms with Gasteiger partial charge in [0.1, 0.15) is 6.61 Å². The lowest BCUT2D eigenvalue weighted by Gasteiger charge is -2.34. The van der Waals surface area contributed by atoms with Gasteiger partial charge in [-0.2, -0.15) is 0 Å². The number of benzene rings is 1. The van der Waals surface area contributed by atoms with Crippen LogP contribution in [0.4, 0.5) is 5.95 Å². The maximum Gasteiger partial charge on any atom is 0.264 e. The van der Waals surface area contributed by atoms with Gasteiger partial charge in [-0.05, 0) is 31.0 Å². The number of anilines is 1. The van der Waals surface area contributed by atoms with E-state index in [0.29, 0.717) is 24.0 Å². The summed E-state index contributed by atoms with van der Waals surface area (Å²) in [6.45, 7) is 1.81. The Bertz CT molecular complexity index is 740. The Morgan fingerprint density at radius 3 is 2.80 bits per heavy atom. The highest BCUT2D eigenvalue weighted by Crippen LogP contribution is 2.31. The lowest BCUT2D eigenvalue weighted by atomic mass is 10.1. The summed E-state index contributed by atoms with van der Waals surface area (Å²) in [5, 5.41) is 3.08. The standard InChI is InChI=1S/C18H20N4O3/c23-17(16-12-24-14-6-1-2-7-15(14)25-16)21-13-5-3-10-22(11-13)18-19-8-4-9-20-18/h1-2,4,6-9,13,16H,3,5,10-12H2,(H,21,23)/t13-,16+/m1/s1. The van der Waals surface area contributed by atoms with Crippen LogP contribution in [0.15, 0.2) is 42.7 Å². The molecule has 0 radical (unpaired) electrons. The van der Waals surface area contributed by atoms with Crippen molar-refractivity contribution in [2.75, 3.05) is 24.6 Å². The second-order valence-corrected chi connectivity index (χ2v) is 6.21. The molecule has 3 heterocycles. The van der Waals surface area contributed by atoms with Gasteiger partial charge >= 0.3 is 0 Å². The molecule has 1 amide bonds. The highest BCUT2D eigenvalue weighted by atomic mass is 16.6. The van der Waals surface area contributed by atoms with Crippen molar-refractivity contribution in [2.24, 2.45) is 0 Å². The predicted molar refractivity (Wildman–Crippen MR) is 91.8 cm³/mol. The van der Waals surface area contributed by atoms with Crippen molar-refractivity contribution in [3.05, 3.63) is 42.7 Å². The third-order valence-electron chi connectivity index (χ3n) is 4.40. The number of carbonyl (C=O) groups excluding carboxylic acids is 1. The predicted octanol–water partition coefficient (Wildman–Crippen LogP) is 1.40. The summed E-state index contributed by atoms with van der Waals surface area (Å²) in [6, 6.07) is 9.23. The van der Waals surface area contributed by atoms with E-state index in [1.54, 1.807) is 18.5 Å². The summed E-state index contributed by atoms with van der Waals surface area (Å²) >= 11 is 0. The average molecular weight is 340 g/mol. The minimum Gasteiger partial charge on any atom is -0.485 e. The summed E-state index contributed by atoms with van der Waals surface area (Å²) in [5.41, 5.74) is 0. The van der Waals surface area contributed by atoms with Gasteiger partial charge in [0.25, 0.3) is 5.91 Å². The largest absolute Gasteiger partial charge is 0.485 e. The summed E-state index contributed by atoms with van der Waals surface area (Å²) < 4.78 is 11.4. The van der Waals surface area contributed by atoms with Gasteiger partial charge in [0.2, 0.25) is 12.1 Å². The quantitative estimate of drug-likeness (QED) is 0.910. The van der Waals surface area contributed by atoms with Crippen LogP contribution in [0.1, 0.15) is 12.8 Å². The third kappa shape index (κ3) is 3.50. The Kier molecular flexibility index (Phi) is 4.37. The molecule has 1 N–H and O–H groups in total. The van der Waals surface area contributed by atoms with Crippen LogP contribution in [-0.4, -0.2) is 47.7 Å². The van der Waals surface area contributed by atoms with Gasteiger partial charge in [0.05, 0.1) is 0 Å². The first-order valence-electron chi connectivity index (χ1n) is 8.50. The molecule has 7 heteroatoms. The Labute approximate surface area is 146 Å². The van der Waals surface area contributed by atoms with E-state index in [9.17, 15) is 4.79 Å². The van der Waals surface area contributed by atoms with E-state index in [2.05, 4.69) is 20.2 Å². The maximum absolute atomic E-state index is 12.6. The van der Waals surface area contributed by atoms with Gasteiger partial charge in [-0.15, -0.1) is 0 Å². The molecule has 1 fully saturated rings. The number of para-hydroxylation sites is 2. The minimum atomic E-state index is -0.627. The van der Waals surface area contributed by atoms with Crippen molar-refractivity contribution in [3.8, 4) is 11.5 Å². The molecule has 1 aromatic heterocycles. The first kappa shape index (κ1) is 15.7. The fourth-order valence-corrected chi connectivity index (χ4v) is 3.17. The first-order chi connectivity index (χ1) is 12.3. The Morgan fingerprint density at radius 2 is 1.96 bits per heavy atom. The molecule has 1 aromatic carbocycles. The van der Waals surface area contributed by atoms with Gasteiger partial charge in [-0.25, -0.2) is 9.97 Å². The van der Waals surface area contributed by atoms with Crippen LogP contribution in [0.2, 0.25) is 0 Å². The molecule has 7 nitrogen and oxygen atoms in total. The molecule has 0 aliphatic carbocycles. The number of rotatable bonds is 3. The van der Waals surface area contributed by atoms with E-state index in [1.165, 1.54) is 0 Å². The van der Waals surface area contributed by atoms with E-state index < -0.39 is 6.10 Å². The molecule has 0 saturated carbocycles. The zero-order valence-electron chi connectivity index (χ0n) is 13.8. The summed E-state index contributed by atoms with van der Waals surface area (Å²) in [7, 11) is 0. The van der Waals surface area contributed by atoms with Crippen LogP contribution in [0.3, 0.4) is 0 Å². The Morgan fingerprint density at radius 1 is 1.16 bits per heavy atom. The molecule has 25 heavy (non-hydrogen) atoms. The molecular formula is C18H20N4O3. The Balaban J connectivity index is 1.36. The molecule has 0 bridgehead atoms. The van der Waals surface area contributed by atoms with E-state index >= 15 is 0 Å². The number of aromatic nitrogens is 2. The van der Waals surface area contributed by atoms with Gasteiger partial charge in [0.15, 0.2) is 11.5 Å². The first-order valence-corrected chi connectivity index (χ1v) is 8.50. The number of nitrogens with zero attached hydrogens (tertiary/aromatic N) is 3. The second-order valence-electron chi connectivity index (χ2n) is 6.21. The molecule has 2 atom stereocenters. The van der Waals surface area contributed by atoms with Gasteiger partial charge in [0, 0.05) is 31.5 Å². The zero-order chi connectivity index (χ0) is 17.1. The van der Waals surface area contributed by atoms with Gasteiger partial charge < -0.3 is 19.7 Å². The molecule has 0 unspecified atom stereocenters. The molecule has 1 saturated heterocycles. The topological polar surface area (TPSA) is 76.6 Å². The third-order valence-corrected chi connectivity index (χ3v) is 4.40. The lowest BCUT2D eigenvalue weighted by Crippen LogP contribution is -2.53. The number of carbonyl (C=O) groups is 1. The molecule has 2 aromatic rings. The minimum absolute atomic E-state index is 0.0471. The molecule has 2 aliphatic rings. The highest BCUT2D eigenvalue weighted by molar-refractivity contribution is 5.82. The van der Waals surface area contributed by atoms with Crippen molar-refractivity contribution >= 4 is 11.9 Å². The molecule has 0 spiro atoms. The number of nitrogens with one attached hydrogen (secondary N) is 1. The average Bonchev–Trinajstić information content (AvgIpc) is 2.68. The fraction of sp³-hybridized carbons (Fsp3) is 0.389. The van der Waals surface area contributed by atoms with Crippen LogP contribution in [0.5, 0.6) is 11.5 Å². The molecule has 2 aliphatic heterocycles. The van der Waals surface area contributed by atoms with Crippen LogP contribution in [0.25, 0.3) is 0 Å². The SMILES string of the molecule is O=C(N[C@@H]1CCCN(c2ncccn2)C1)[C@@H]1COc2ccccc2O1. The maximum atomic E-state index is 12.6. The van der Waals surface area contributed by atoms with Crippen molar-refractivity contribution in [1.82, 2.24) is 15.3 Å². The molecule has 4 rings (SSSR count). The van der Waals surface area contributed by atoms with Gasteiger partial charge in [-0.1, -0.05) is 12.1 Å². The zero-order valence-corrected chi connectivity index (χ0v) is 13.8. The number of hydrogen-bond acceptors (Lipinski definition) is 6. The number of piperidine rings is 1. The fourth-order valence-electron chi connectivity index (χ4n) is 3.17. The van der Waals surface area contributed by atoms with Crippen LogP contribution in [-0.2, 0) is 4.79 Å². The summed E-state index contributed by atoms with van der Waals surface area (Å²) in [4.78, 5) is 23.2.